The van der Waals surface area contributed by atoms with E-state index in [1.54, 1.807) is 15.7 Å². The zero-order valence-electron chi connectivity index (χ0n) is 12.7. The first-order chi connectivity index (χ1) is 9.32. The molecule has 1 saturated carbocycles. The summed E-state index contributed by atoms with van der Waals surface area (Å²) in [6, 6.07) is 0.194. The van der Waals surface area contributed by atoms with Crippen molar-refractivity contribution in [3.8, 4) is 0 Å². The fourth-order valence-corrected chi connectivity index (χ4v) is 4.85. The molecule has 0 aromatic rings. The van der Waals surface area contributed by atoms with Crippen molar-refractivity contribution in [1.29, 1.82) is 0 Å². The zero-order chi connectivity index (χ0) is 14.9. The Labute approximate surface area is 122 Å². The summed E-state index contributed by atoms with van der Waals surface area (Å²) < 4.78 is 34.2. The van der Waals surface area contributed by atoms with Gasteiger partial charge in [0.05, 0.1) is 12.7 Å². The maximum atomic E-state index is 12.8. The zero-order valence-corrected chi connectivity index (χ0v) is 13.5. The third kappa shape index (κ3) is 3.33. The van der Waals surface area contributed by atoms with Crippen LogP contribution in [0.1, 0.15) is 39.5 Å². The lowest BCUT2D eigenvalue weighted by Crippen LogP contribution is -2.56. The van der Waals surface area contributed by atoms with Gasteiger partial charge in [0.1, 0.15) is 0 Å². The molecule has 1 aliphatic heterocycles. The number of hydrogen-bond donors (Lipinski definition) is 1. The van der Waals surface area contributed by atoms with Crippen molar-refractivity contribution in [2.24, 2.45) is 5.73 Å². The molecule has 1 aliphatic carbocycles. The van der Waals surface area contributed by atoms with Crippen LogP contribution < -0.4 is 5.73 Å². The van der Waals surface area contributed by atoms with Crippen LogP contribution in [0, 0.1) is 0 Å². The third-order valence-electron chi connectivity index (χ3n) is 4.47. The van der Waals surface area contributed by atoms with E-state index in [1.165, 1.54) is 0 Å². The van der Waals surface area contributed by atoms with Gasteiger partial charge >= 0.3 is 0 Å². The summed E-state index contributed by atoms with van der Waals surface area (Å²) in [6.45, 7) is 4.70. The van der Waals surface area contributed by atoms with Crippen LogP contribution in [-0.4, -0.2) is 61.5 Å². The van der Waals surface area contributed by atoms with Crippen LogP contribution >= 0.6 is 0 Å². The van der Waals surface area contributed by atoms with Gasteiger partial charge in [0.15, 0.2) is 0 Å². The van der Waals surface area contributed by atoms with Crippen molar-refractivity contribution < 1.29 is 13.2 Å². The molecule has 6 nitrogen and oxygen atoms in total. The van der Waals surface area contributed by atoms with Crippen molar-refractivity contribution in [3.63, 3.8) is 0 Å². The Morgan fingerprint density at radius 2 is 1.80 bits per heavy atom. The molecule has 0 radical (unpaired) electrons. The van der Waals surface area contributed by atoms with Gasteiger partial charge in [0.25, 0.3) is 10.2 Å². The molecule has 1 heterocycles. The molecule has 2 aliphatic rings. The second kappa shape index (κ2) is 6.27. The van der Waals surface area contributed by atoms with Crippen molar-refractivity contribution in [1.82, 2.24) is 8.61 Å². The van der Waals surface area contributed by atoms with E-state index in [0.717, 1.165) is 25.7 Å². The van der Waals surface area contributed by atoms with Crippen molar-refractivity contribution in [2.75, 3.05) is 20.2 Å². The molecule has 1 saturated heterocycles. The smallest absolute Gasteiger partial charge is 0.282 e. The fraction of sp³-hybridized carbons (Fsp3) is 1.00. The van der Waals surface area contributed by atoms with Gasteiger partial charge in [-0.3, -0.25) is 0 Å². The Hall–Kier alpha value is -0.210. The number of morpholine rings is 1. The number of nitrogens with two attached hydrogens (primary N) is 1. The molecule has 0 spiro atoms. The van der Waals surface area contributed by atoms with Gasteiger partial charge in [-0.25, -0.2) is 0 Å². The monoisotopic (exact) mass is 305 g/mol. The van der Waals surface area contributed by atoms with E-state index < -0.39 is 10.2 Å². The maximum absolute atomic E-state index is 12.8. The highest BCUT2D eigenvalue weighted by atomic mass is 32.2. The first-order valence-corrected chi connectivity index (χ1v) is 8.84. The normalized spacial score (nSPS) is 37.2. The van der Waals surface area contributed by atoms with Crippen molar-refractivity contribution in [3.05, 3.63) is 0 Å². The molecule has 2 atom stereocenters. The lowest BCUT2D eigenvalue weighted by atomic mass is 9.92. The fourth-order valence-electron chi connectivity index (χ4n) is 3.01. The van der Waals surface area contributed by atoms with Crippen LogP contribution in [0.25, 0.3) is 0 Å². The van der Waals surface area contributed by atoms with E-state index in [4.69, 9.17) is 10.5 Å². The van der Waals surface area contributed by atoms with E-state index >= 15 is 0 Å². The summed E-state index contributed by atoms with van der Waals surface area (Å²) in [5.74, 6) is 0. The lowest BCUT2D eigenvalue weighted by molar-refractivity contribution is -0.0194. The van der Waals surface area contributed by atoms with Crippen LogP contribution in [0.15, 0.2) is 0 Å². The van der Waals surface area contributed by atoms with Gasteiger partial charge in [-0.15, -0.1) is 0 Å². The van der Waals surface area contributed by atoms with Gasteiger partial charge in [0.2, 0.25) is 0 Å². The van der Waals surface area contributed by atoms with E-state index in [1.807, 2.05) is 13.8 Å². The molecule has 2 fully saturated rings. The molecule has 0 amide bonds. The number of hydrogen-bond acceptors (Lipinski definition) is 4. The molecular weight excluding hydrogens is 278 g/mol. The average Bonchev–Trinajstić information content (AvgIpc) is 2.41. The molecule has 0 aromatic carbocycles. The van der Waals surface area contributed by atoms with Crippen LogP contribution in [0.3, 0.4) is 0 Å². The highest BCUT2D eigenvalue weighted by molar-refractivity contribution is 7.86. The molecule has 2 unspecified atom stereocenters. The predicted octanol–water partition coefficient (Wildman–Crippen LogP) is 0.542. The Morgan fingerprint density at radius 1 is 1.20 bits per heavy atom. The molecule has 118 valence electrons. The van der Waals surface area contributed by atoms with E-state index in [-0.39, 0.29) is 24.2 Å². The van der Waals surface area contributed by atoms with Gasteiger partial charge < -0.3 is 10.5 Å². The first-order valence-electron chi connectivity index (χ1n) is 7.44. The second-order valence-electron chi connectivity index (χ2n) is 6.16. The van der Waals surface area contributed by atoms with Crippen LogP contribution in [-0.2, 0) is 14.9 Å². The van der Waals surface area contributed by atoms with E-state index in [9.17, 15) is 8.42 Å². The highest BCUT2D eigenvalue weighted by Gasteiger charge is 2.38. The standard InChI is InChI=1S/C13H27N3O3S/c1-10-9-19-11(2)8-16(10)20(17,18)15(3)13-6-4-12(14)5-7-13/h10-13H,4-9,14H2,1-3H3. The molecule has 2 N–H and O–H groups in total. The van der Waals surface area contributed by atoms with Crippen LogP contribution in [0.5, 0.6) is 0 Å². The first kappa shape index (κ1) is 16.2. The molecule has 0 bridgehead atoms. The number of nitrogens with zero attached hydrogens (tertiary/aromatic N) is 2. The number of rotatable bonds is 3. The molecule has 0 aromatic heterocycles. The SMILES string of the molecule is CC1CN(S(=O)(=O)N(C)C2CCC(N)CC2)C(C)CO1. The maximum Gasteiger partial charge on any atom is 0.282 e. The summed E-state index contributed by atoms with van der Waals surface area (Å²) in [4.78, 5) is 0. The minimum absolute atomic E-state index is 0.0471. The van der Waals surface area contributed by atoms with Gasteiger partial charge in [-0.05, 0) is 39.5 Å². The number of ether oxygens (including phenoxy) is 1. The predicted molar refractivity (Wildman–Crippen MR) is 78.5 cm³/mol. The van der Waals surface area contributed by atoms with Gasteiger partial charge in [-0.1, -0.05) is 0 Å². The summed E-state index contributed by atoms with van der Waals surface area (Å²) in [5, 5.41) is 0. The Kier molecular flexibility index (Phi) is 5.07. The largest absolute Gasteiger partial charge is 0.375 e. The summed E-state index contributed by atoms with van der Waals surface area (Å²) in [5.41, 5.74) is 5.89. The molecule has 2 rings (SSSR count). The summed E-state index contributed by atoms with van der Waals surface area (Å²) >= 11 is 0. The topological polar surface area (TPSA) is 75.9 Å². The van der Waals surface area contributed by atoms with Gasteiger partial charge in [-0.2, -0.15) is 17.0 Å². The minimum atomic E-state index is -3.42. The summed E-state index contributed by atoms with van der Waals surface area (Å²) in [7, 11) is -1.72. The third-order valence-corrected chi connectivity index (χ3v) is 6.59. The Bertz CT molecular complexity index is 421. The Morgan fingerprint density at radius 3 is 2.40 bits per heavy atom. The van der Waals surface area contributed by atoms with E-state index in [0.29, 0.717) is 13.2 Å². The van der Waals surface area contributed by atoms with Crippen molar-refractivity contribution in [2.45, 2.75) is 63.8 Å². The van der Waals surface area contributed by atoms with Crippen LogP contribution in [0.2, 0.25) is 0 Å². The minimum Gasteiger partial charge on any atom is -0.375 e. The molecular formula is C13H27N3O3S. The van der Waals surface area contributed by atoms with Crippen LogP contribution in [0.4, 0.5) is 0 Å². The lowest BCUT2D eigenvalue weighted by Gasteiger charge is -2.41. The van der Waals surface area contributed by atoms with E-state index in [2.05, 4.69) is 0 Å². The molecule has 20 heavy (non-hydrogen) atoms. The summed E-state index contributed by atoms with van der Waals surface area (Å²) in [6.07, 6.45) is 3.46. The van der Waals surface area contributed by atoms with Gasteiger partial charge in [0, 0.05) is 31.7 Å². The highest BCUT2D eigenvalue weighted by Crippen LogP contribution is 2.26. The Balaban J connectivity index is 2.08. The second-order valence-corrected chi connectivity index (χ2v) is 8.10. The average molecular weight is 305 g/mol. The van der Waals surface area contributed by atoms with Crippen molar-refractivity contribution >= 4 is 10.2 Å². The molecule has 7 heteroatoms. The quantitative estimate of drug-likeness (QED) is 0.826.